The number of methoxy groups -OCH3 is 2. The van der Waals surface area contributed by atoms with Crippen molar-refractivity contribution in [1.29, 1.82) is 0 Å². The molecule has 2 nitrogen and oxygen atoms in total. The highest BCUT2D eigenvalue weighted by molar-refractivity contribution is 6.39. The Hall–Kier alpha value is 0.137. The summed E-state index contributed by atoms with van der Waals surface area (Å²) in [4.78, 5) is 0. The summed E-state index contributed by atoms with van der Waals surface area (Å²) in [6.07, 6.45) is 1.07. The van der Waals surface area contributed by atoms with Gasteiger partial charge < -0.3 is 9.47 Å². The molecule has 0 N–H and O–H groups in total. The normalized spacial score (nSPS) is 13.5. The first-order valence-electron chi connectivity index (χ1n) is 4.55. The van der Waals surface area contributed by atoms with E-state index in [4.69, 9.17) is 9.47 Å². The SMILES string of the molecule is COC(CC[SiH2]C(C)(C)C)OC. The Labute approximate surface area is 78.5 Å². The topological polar surface area (TPSA) is 18.5 Å². The van der Waals surface area contributed by atoms with Gasteiger partial charge in [-0.15, -0.1) is 0 Å². The quantitative estimate of drug-likeness (QED) is 0.486. The highest BCUT2D eigenvalue weighted by atomic mass is 28.2. The Balaban J connectivity index is 3.41. The van der Waals surface area contributed by atoms with Crippen LogP contribution in [0.15, 0.2) is 0 Å². The zero-order chi connectivity index (χ0) is 9.61. The predicted octanol–water partition coefficient (Wildman–Crippen LogP) is 1.80. The van der Waals surface area contributed by atoms with Gasteiger partial charge in [-0.2, -0.15) is 0 Å². The molecule has 0 atom stereocenters. The maximum absolute atomic E-state index is 5.11. The molecule has 0 aliphatic heterocycles. The molecule has 12 heavy (non-hydrogen) atoms. The molecule has 0 aromatic heterocycles. The minimum absolute atomic E-state index is 0.0137. The van der Waals surface area contributed by atoms with E-state index in [1.165, 1.54) is 6.04 Å². The Bertz CT molecular complexity index is 106. The molecule has 0 fully saturated rings. The fourth-order valence-corrected chi connectivity index (χ4v) is 2.73. The molecule has 0 aliphatic carbocycles. The van der Waals surface area contributed by atoms with E-state index in [2.05, 4.69) is 20.8 Å². The van der Waals surface area contributed by atoms with Crippen LogP contribution in [0, 0.1) is 0 Å². The summed E-state index contributed by atoms with van der Waals surface area (Å²) in [5.41, 5.74) is 0. The molecule has 0 aromatic rings. The second-order valence-electron chi connectivity index (χ2n) is 4.35. The smallest absolute Gasteiger partial charge is 0.156 e. The van der Waals surface area contributed by atoms with Gasteiger partial charge in [0, 0.05) is 23.7 Å². The van der Waals surface area contributed by atoms with Gasteiger partial charge in [-0.3, -0.25) is 0 Å². The van der Waals surface area contributed by atoms with Crippen LogP contribution in [0.3, 0.4) is 0 Å². The lowest BCUT2D eigenvalue weighted by Crippen LogP contribution is -2.16. The third-order valence-electron chi connectivity index (χ3n) is 1.89. The van der Waals surface area contributed by atoms with Crippen LogP contribution in [-0.4, -0.2) is 30.0 Å². The van der Waals surface area contributed by atoms with Crippen molar-refractivity contribution in [3.63, 3.8) is 0 Å². The lowest BCUT2D eigenvalue weighted by atomic mass is 10.2. The van der Waals surface area contributed by atoms with Crippen LogP contribution in [0.1, 0.15) is 27.2 Å². The number of ether oxygens (including phenoxy) is 2. The molecule has 0 unspecified atom stereocenters. The van der Waals surface area contributed by atoms with Crippen molar-refractivity contribution in [1.82, 2.24) is 0 Å². The van der Waals surface area contributed by atoms with E-state index in [0.717, 1.165) is 6.42 Å². The summed E-state index contributed by atoms with van der Waals surface area (Å²) < 4.78 is 10.2. The fourth-order valence-electron chi connectivity index (χ4n) is 1.13. The molecule has 0 bridgehead atoms. The molecule has 74 valence electrons. The molecule has 0 spiro atoms. The van der Waals surface area contributed by atoms with Crippen LogP contribution >= 0.6 is 0 Å². The van der Waals surface area contributed by atoms with Gasteiger partial charge in [0.2, 0.25) is 0 Å². The minimum Gasteiger partial charge on any atom is -0.356 e. The Morgan fingerprint density at radius 1 is 1.17 bits per heavy atom. The molecule has 0 amide bonds. The zero-order valence-corrected chi connectivity index (χ0v) is 10.4. The van der Waals surface area contributed by atoms with Crippen LogP contribution in [0.2, 0.25) is 11.1 Å². The van der Waals surface area contributed by atoms with Crippen molar-refractivity contribution in [2.24, 2.45) is 0 Å². The van der Waals surface area contributed by atoms with E-state index in [1.807, 2.05) is 0 Å². The lowest BCUT2D eigenvalue weighted by molar-refractivity contribution is -0.103. The molecule has 0 heterocycles. The molecule has 0 rings (SSSR count). The molecule has 0 saturated carbocycles. The molecule has 0 aliphatic rings. The molecular weight excluding hydrogens is 168 g/mol. The highest BCUT2D eigenvalue weighted by Crippen LogP contribution is 2.22. The average molecular weight is 190 g/mol. The van der Waals surface area contributed by atoms with Crippen molar-refractivity contribution in [2.75, 3.05) is 14.2 Å². The lowest BCUT2D eigenvalue weighted by Gasteiger charge is -2.19. The Kier molecular flexibility index (Phi) is 5.79. The highest BCUT2D eigenvalue weighted by Gasteiger charge is 2.12. The summed E-state index contributed by atoms with van der Waals surface area (Å²) in [6, 6.07) is 1.30. The first kappa shape index (κ1) is 12.1. The van der Waals surface area contributed by atoms with E-state index in [-0.39, 0.29) is 15.8 Å². The van der Waals surface area contributed by atoms with Gasteiger partial charge >= 0.3 is 0 Å². The van der Waals surface area contributed by atoms with Gasteiger partial charge in [-0.25, -0.2) is 0 Å². The third kappa shape index (κ3) is 6.82. The van der Waals surface area contributed by atoms with Crippen molar-refractivity contribution in [3.05, 3.63) is 0 Å². The van der Waals surface area contributed by atoms with E-state index < -0.39 is 0 Å². The average Bonchev–Trinajstić information content (AvgIpc) is 1.96. The molecule has 3 heteroatoms. The van der Waals surface area contributed by atoms with Gasteiger partial charge in [0.25, 0.3) is 0 Å². The van der Waals surface area contributed by atoms with Gasteiger partial charge in [0.1, 0.15) is 0 Å². The summed E-state index contributed by atoms with van der Waals surface area (Å²) in [6.45, 7) is 6.94. The third-order valence-corrected chi connectivity index (χ3v) is 4.15. The molecule has 0 saturated heterocycles. The minimum atomic E-state index is 0.0137. The van der Waals surface area contributed by atoms with Crippen LogP contribution in [0.25, 0.3) is 0 Å². The maximum Gasteiger partial charge on any atom is 0.156 e. The van der Waals surface area contributed by atoms with Gasteiger partial charge in [0.05, 0.1) is 0 Å². The maximum atomic E-state index is 5.11. The van der Waals surface area contributed by atoms with Gasteiger partial charge in [-0.1, -0.05) is 26.8 Å². The van der Waals surface area contributed by atoms with Crippen LogP contribution < -0.4 is 0 Å². The van der Waals surface area contributed by atoms with Crippen molar-refractivity contribution < 1.29 is 9.47 Å². The van der Waals surface area contributed by atoms with E-state index in [0.29, 0.717) is 5.04 Å². The standard InChI is InChI=1S/C9H22O2Si/c1-9(2,3)12-7-6-8(10-4)11-5/h8H,6-7,12H2,1-5H3. The monoisotopic (exact) mass is 190 g/mol. The van der Waals surface area contributed by atoms with E-state index in [1.54, 1.807) is 14.2 Å². The fraction of sp³-hybridized carbons (Fsp3) is 1.00. The van der Waals surface area contributed by atoms with E-state index in [9.17, 15) is 0 Å². The molecular formula is C9H22O2Si. The number of rotatable bonds is 5. The largest absolute Gasteiger partial charge is 0.356 e. The van der Waals surface area contributed by atoms with Gasteiger partial charge in [0.15, 0.2) is 6.29 Å². The second-order valence-corrected chi connectivity index (χ2v) is 7.68. The number of hydrogen-bond donors (Lipinski definition) is 0. The summed E-state index contributed by atoms with van der Waals surface area (Å²) in [5.74, 6) is 0. The summed E-state index contributed by atoms with van der Waals surface area (Å²) in [7, 11) is 3.43. The molecule has 0 radical (unpaired) electrons. The van der Waals surface area contributed by atoms with Gasteiger partial charge in [-0.05, 0) is 11.5 Å². The number of hydrogen-bond acceptors (Lipinski definition) is 2. The molecule has 0 aromatic carbocycles. The van der Waals surface area contributed by atoms with Crippen molar-refractivity contribution >= 4 is 9.52 Å². The second kappa shape index (κ2) is 5.73. The van der Waals surface area contributed by atoms with Crippen LogP contribution in [0.4, 0.5) is 0 Å². The van der Waals surface area contributed by atoms with E-state index >= 15 is 0 Å². The first-order valence-corrected chi connectivity index (χ1v) is 6.26. The van der Waals surface area contributed by atoms with Crippen molar-refractivity contribution in [2.45, 2.75) is 44.6 Å². The van der Waals surface area contributed by atoms with Crippen molar-refractivity contribution in [3.8, 4) is 0 Å². The summed E-state index contributed by atoms with van der Waals surface area (Å²) in [5, 5.41) is 0.562. The zero-order valence-electron chi connectivity index (χ0n) is 9.02. The Morgan fingerprint density at radius 2 is 1.67 bits per heavy atom. The summed E-state index contributed by atoms with van der Waals surface area (Å²) >= 11 is 0. The Morgan fingerprint density at radius 3 is 2.00 bits per heavy atom. The van der Waals surface area contributed by atoms with Crippen LogP contribution in [0.5, 0.6) is 0 Å². The van der Waals surface area contributed by atoms with Crippen LogP contribution in [-0.2, 0) is 9.47 Å². The predicted molar refractivity (Wildman–Crippen MR) is 55.5 cm³/mol. The first-order chi connectivity index (χ1) is 5.49.